The molecule has 1 aliphatic heterocycles. The molecular weight excluding hydrogens is 246 g/mol. The fourth-order valence-corrected chi connectivity index (χ4v) is 2.46. The van der Waals surface area contributed by atoms with E-state index < -0.39 is 5.97 Å². The molecule has 19 heavy (non-hydrogen) atoms. The van der Waals surface area contributed by atoms with Crippen molar-refractivity contribution in [2.45, 2.75) is 12.8 Å². The molecule has 5 heteroatoms. The number of carbonyl (C=O) groups excluding carboxylic acids is 1. The van der Waals surface area contributed by atoms with Crippen LogP contribution in [0.3, 0.4) is 0 Å². The second-order valence-electron chi connectivity index (χ2n) is 4.64. The third-order valence-electron chi connectivity index (χ3n) is 3.39. The summed E-state index contributed by atoms with van der Waals surface area (Å²) in [4.78, 5) is 23.5. The van der Waals surface area contributed by atoms with Gasteiger partial charge in [-0.2, -0.15) is 0 Å². The SMILES string of the molecule is O=C(O)c1c(C(=O)C=C2CCNCC2)c2ccc1o2. The summed E-state index contributed by atoms with van der Waals surface area (Å²) in [5.41, 5.74) is 1.82. The Kier molecular flexibility index (Phi) is 2.83. The number of nitrogens with one attached hydrogen (secondary N) is 1. The van der Waals surface area contributed by atoms with Gasteiger partial charge in [0.1, 0.15) is 16.7 Å². The lowest BCUT2D eigenvalue weighted by Crippen LogP contribution is -2.23. The molecule has 3 rings (SSSR count). The fourth-order valence-electron chi connectivity index (χ4n) is 2.46. The summed E-state index contributed by atoms with van der Waals surface area (Å²) in [5, 5.41) is 12.4. The van der Waals surface area contributed by atoms with Crippen LogP contribution >= 0.6 is 0 Å². The molecule has 0 radical (unpaired) electrons. The quantitative estimate of drug-likeness (QED) is 0.651. The molecule has 0 amide bonds. The number of carboxylic acids is 1. The van der Waals surface area contributed by atoms with Crippen molar-refractivity contribution >= 4 is 22.9 Å². The van der Waals surface area contributed by atoms with Gasteiger partial charge in [0, 0.05) is 0 Å². The highest BCUT2D eigenvalue weighted by Crippen LogP contribution is 2.29. The Morgan fingerprint density at radius 2 is 1.79 bits per heavy atom. The minimum atomic E-state index is -1.12. The van der Waals surface area contributed by atoms with Gasteiger partial charge >= 0.3 is 5.97 Å². The number of aromatic carboxylic acids is 1. The van der Waals surface area contributed by atoms with Crippen LogP contribution < -0.4 is 5.32 Å². The van der Waals surface area contributed by atoms with Crippen molar-refractivity contribution < 1.29 is 19.1 Å². The molecule has 2 bridgehead atoms. The number of carbonyl (C=O) groups is 2. The predicted molar refractivity (Wildman–Crippen MR) is 68.9 cm³/mol. The number of allylic oxidation sites excluding steroid dienone is 1. The smallest absolute Gasteiger partial charge is 0.340 e. The van der Waals surface area contributed by atoms with Crippen LogP contribution in [0.15, 0.2) is 28.2 Å². The standard InChI is InChI=1S/C14H13NO4/c16-9(7-8-3-5-15-6-4-8)12-10-1-2-11(19-10)13(12)14(17)18/h1-2,7,15H,3-6H2,(H,17,18). The Bertz CT molecular complexity index is 660. The molecule has 0 aliphatic carbocycles. The first kappa shape index (κ1) is 11.9. The van der Waals surface area contributed by atoms with E-state index in [2.05, 4.69) is 5.32 Å². The van der Waals surface area contributed by atoms with Gasteiger partial charge in [0.05, 0.1) is 5.56 Å². The normalized spacial score (nSPS) is 15.9. The molecule has 98 valence electrons. The Hall–Kier alpha value is -2.14. The summed E-state index contributed by atoms with van der Waals surface area (Å²) in [6.07, 6.45) is 3.21. The first-order chi connectivity index (χ1) is 9.16. The maximum absolute atomic E-state index is 12.3. The maximum atomic E-state index is 12.3. The molecule has 1 saturated heterocycles. The molecule has 0 aromatic carbocycles. The molecule has 0 unspecified atom stereocenters. The Morgan fingerprint density at radius 1 is 1.16 bits per heavy atom. The summed E-state index contributed by atoms with van der Waals surface area (Å²) in [7, 11) is 0. The van der Waals surface area contributed by atoms with E-state index in [0.29, 0.717) is 5.58 Å². The van der Waals surface area contributed by atoms with Gasteiger partial charge < -0.3 is 14.8 Å². The van der Waals surface area contributed by atoms with Crippen LogP contribution in [-0.4, -0.2) is 29.9 Å². The fraction of sp³-hybridized carbons (Fsp3) is 0.286. The van der Waals surface area contributed by atoms with Crippen LogP contribution in [0, 0.1) is 0 Å². The Morgan fingerprint density at radius 3 is 2.42 bits per heavy atom. The highest BCUT2D eigenvalue weighted by Gasteiger charge is 2.26. The van der Waals surface area contributed by atoms with Gasteiger partial charge in [-0.3, -0.25) is 4.79 Å². The zero-order valence-electron chi connectivity index (χ0n) is 10.2. The number of ketones is 1. The van der Waals surface area contributed by atoms with Crippen molar-refractivity contribution in [2.24, 2.45) is 0 Å². The molecule has 2 N–H and O–H groups in total. The minimum Gasteiger partial charge on any atom is -0.478 e. The molecule has 1 aliphatic rings. The van der Waals surface area contributed by atoms with Crippen LogP contribution in [0.25, 0.3) is 11.2 Å². The summed E-state index contributed by atoms with van der Waals surface area (Å²) in [6, 6.07) is 3.21. The molecule has 3 heterocycles. The molecule has 5 nitrogen and oxygen atoms in total. The number of hydrogen-bond acceptors (Lipinski definition) is 4. The Labute approximate surface area is 109 Å². The van der Waals surface area contributed by atoms with E-state index in [1.54, 1.807) is 18.2 Å². The van der Waals surface area contributed by atoms with Gasteiger partial charge in [0.15, 0.2) is 5.78 Å². The molecule has 2 aromatic rings. The van der Waals surface area contributed by atoms with Gasteiger partial charge in [0.25, 0.3) is 0 Å². The molecule has 0 atom stereocenters. The first-order valence-corrected chi connectivity index (χ1v) is 6.19. The van der Waals surface area contributed by atoms with Crippen molar-refractivity contribution in [2.75, 3.05) is 13.1 Å². The highest BCUT2D eigenvalue weighted by molar-refractivity contribution is 6.18. The third kappa shape index (κ3) is 2.02. The van der Waals surface area contributed by atoms with E-state index in [1.165, 1.54) is 0 Å². The number of furan rings is 2. The molecule has 0 saturated carbocycles. The molecule has 2 aromatic heterocycles. The zero-order valence-corrected chi connectivity index (χ0v) is 10.2. The van der Waals surface area contributed by atoms with E-state index in [1.807, 2.05) is 0 Å². The second kappa shape index (κ2) is 4.51. The van der Waals surface area contributed by atoms with E-state index in [9.17, 15) is 14.7 Å². The number of piperidine rings is 1. The third-order valence-corrected chi connectivity index (χ3v) is 3.39. The monoisotopic (exact) mass is 259 g/mol. The second-order valence-corrected chi connectivity index (χ2v) is 4.64. The van der Waals surface area contributed by atoms with Crippen LogP contribution in [0.1, 0.15) is 33.6 Å². The predicted octanol–water partition coefficient (Wildman–Crippen LogP) is 2.06. The topological polar surface area (TPSA) is 79.5 Å². The lowest BCUT2D eigenvalue weighted by Gasteiger charge is -2.14. The molecular formula is C14H13NO4. The summed E-state index contributed by atoms with van der Waals surface area (Å²) in [5.74, 6) is -1.40. The maximum Gasteiger partial charge on any atom is 0.340 e. The summed E-state index contributed by atoms with van der Waals surface area (Å²) in [6.45, 7) is 1.71. The van der Waals surface area contributed by atoms with E-state index in [-0.39, 0.29) is 22.5 Å². The summed E-state index contributed by atoms with van der Waals surface area (Å²) >= 11 is 0. The van der Waals surface area contributed by atoms with Gasteiger partial charge in [-0.15, -0.1) is 0 Å². The Balaban J connectivity index is 1.98. The van der Waals surface area contributed by atoms with E-state index >= 15 is 0 Å². The largest absolute Gasteiger partial charge is 0.478 e. The van der Waals surface area contributed by atoms with Crippen LogP contribution in [0.5, 0.6) is 0 Å². The van der Waals surface area contributed by atoms with Gasteiger partial charge in [-0.25, -0.2) is 4.79 Å². The average Bonchev–Trinajstić information content (AvgIpc) is 2.99. The van der Waals surface area contributed by atoms with Crippen LogP contribution in [0.2, 0.25) is 0 Å². The lowest BCUT2D eigenvalue weighted by molar-refractivity contribution is 0.0695. The van der Waals surface area contributed by atoms with Crippen LogP contribution in [-0.2, 0) is 0 Å². The average molecular weight is 259 g/mol. The van der Waals surface area contributed by atoms with Gasteiger partial charge in [0.2, 0.25) is 0 Å². The minimum absolute atomic E-state index is 0.0201. The summed E-state index contributed by atoms with van der Waals surface area (Å²) < 4.78 is 5.27. The number of fused-ring (bicyclic) bond motifs is 2. The van der Waals surface area contributed by atoms with Crippen molar-refractivity contribution in [3.63, 3.8) is 0 Å². The van der Waals surface area contributed by atoms with Crippen LogP contribution in [0.4, 0.5) is 0 Å². The van der Waals surface area contributed by atoms with Gasteiger partial charge in [-0.1, -0.05) is 5.57 Å². The van der Waals surface area contributed by atoms with Gasteiger partial charge in [-0.05, 0) is 44.1 Å². The number of rotatable bonds is 3. The van der Waals surface area contributed by atoms with Crippen molar-refractivity contribution in [1.82, 2.24) is 5.32 Å². The number of hydrogen-bond donors (Lipinski definition) is 2. The highest BCUT2D eigenvalue weighted by atomic mass is 16.4. The molecule has 0 spiro atoms. The van der Waals surface area contributed by atoms with E-state index in [0.717, 1.165) is 31.5 Å². The number of benzene rings is 1. The van der Waals surface area contributed by atoms with Crippen molar-refractivity contribution in [3.05, 3.63) is 34.9 Å². The molecule has 1 fully saturated rings. The first-order valence-electron chi connectivity index (χ1n) is 6.19. The lowest BCUT2D eigenvalue weighted by atomic mass is 9.98. The zero-order chi connectivity index (χ0) is 13.4. The van der Waals surface area contributed by atoms with E-state index in [4.69, 9.17) is 4.42 Å². The van der Waals surface area contributed by atoms with Crippen molar-refractivity contribution in [3.8, 4) is 0 Å². The number of carboxylic acid groups (broad SMARTS) is 1. The van der Waals surface area contributed by atoms with Crippen molar-refractivity contribution in [1.29, 1.82) is 0 Å².